The molecule has 7 nitrogen and oxygen atoms in total. The van der Waals surface area contributed by atoms with Crippen molar-refractivity contribution in [2.75, 3.05) is 12.0 Å². The molecule has 1 N–H and O–H groups in total. The summed E-state index contributed by atoms with van der Waals surface area (Å²) in [4.78, 5) is 9.67. The van der Waals surface area contributed by atoms with E-state index in [-0.39, 0.29) is 21.2 Å². The van der Waals surface area contributed by atoms with Crippen molar-refractivity contribution in [2.45, 2.75) is 17.4 Å². The molecule has 166 valence electrons. The predicted molar refractivity (Wildman–Crippen MR) is 115 cm³/mol. The van der Waals surface area contributed by atoms with Crippen LogP contribution in [0.5, 0.6) is 5.75 Å². The average molecular weight is 480 g/mol. The molecule has 2 heterocycles. The maximum Gasteiger partial charge on any atom is 0.294 e. The van der Waals surface area contributed by atoms with Crippen molar-refractivity contribution in [3.8, 4) is 5.75 Å². The third-order valence-electron chi connectivity index (χ3n) is 5.05. The maximum absolute atomic E-state index is 13.4. The standard InChI is InChI=1S/C21H16ClF2N3O4S/c1-31-18-10-15(21(23)24)17(22)9-16(18)20-14-3-2-13(32(28,29)30)8-12(14)5-7-27(20)19-4-6-25-11-26-19/h2-11,20-21H,1H3,(H,28,29,30). The van der Waals surface area contributed by atoms with Gasteiger partial charge in [-0.25, -0.2) is 18.7 Å². The molecule has 11 heteroatoms. The first-order chi connectivity index (χ1) is 15.2. The van der Waals surface area contributed by atoms with Gasteiger partial charge in [0, 0.05) is 23.5 Å². The number of fused-ring (bicyclic) bond motifs is 1. The summed E-state index contributed by atoms with van der Waals surface area (Å²) in [5.74, 6) is 0.677. The van der Waals surface area contributed by atoms with Crippen molar-refractivity contribution in [3.05, 3.63) is 82.4 Å². The topological polar surface area (TPSA) is 92.6 Å². The molecule has 3 aromatic rings. The fourth-order valence-electron chi connectivity index (χ4n) is 3.61. The zero-order chi connectivity index (χ0) is 23.0. The zero-order valence-corrected chi connectivity index (χ0v) is 18.1. The van der Waals surface area contributed by atoms with Crippen molar-refractivity contribution in [2.24, 2.45) is 0 Å². The van der Waals surface area contributed by atoms with Crippen LogP contribution >= 0.6 is 11.6 Å². The second kappa shape index (κ2) is 8.45. The van der Waals surface area contributed by atoms with Crippen LogP contribution in [0.3, 0.4) is 0 Å². The van der Waals surface area contributed by atoms with Gasteiger partial charge in [-0.1, -0.05) is 17.7 Å². The minimum atomic E-state index is -4.42. The lowest BCUT2D eigenvalue weighted by molar-refractivity contribution is 0.151. The van der Waals surface area contributed by atoms with Crippen molar-refractivity contribution in [1.29, 1.82) is 0 Å². The van der Waals surface area contributed by atoms with Crippen LogP contribution in [0.2, 0.25) is 5.02 Å². The van der Waals surface area contributed by atoms with Gasteiger partial charge in [-0.3, -0.25) is 4.55 Å². The summed E-state index contributed by atoms with van der Waals surface area (Å²) in [6.45, 7) is 0. The highest BCUT2D eigenvalue weighted by atomic mass is 35.5. The van der Waals surface area contributed by atoms with Gasteiger partial charge in [0.05, 0.1) is 23.1 Å². The number of halogens is 3. The largest absolute Gasteiger partial charge is 0.496 e. The lowest BCUT2D eigenvalue weighted by Gasteiger charge is -2.35. The second-order valence-electron chi connectivity index (χ2n) is 6.88. The third-order valence-corrected chi connectivity index (χ3v) is 6.23. The highest BCUT2D eigenvalue weighted by molar-refractivity contribution is 7.85. The Balaban J connectivity index is 1.96. The normalized spacial score (nSPS) is 15.7. The highest BCUT2D eigenvalue weighted by Crippen LogP contribution is 2.44. The third kappa shape index (κ3) is 4.04. The summed E-state index contributed by atoms with van der Waals surface area (Å²) in [5, 5.41) is -0.135. The summed E-state index contributed by atoms with van der Waals surface area (Å²) in [6, 6.07) is 7.73. The van der Waals surface area contributed by atoms with E-state index in [1.54, 1.807) is 29.4 Å². The number of aromatic nitrogens is 2. The lowest BCUT2D eigenvalue weighted by atomic mass is 9.89. The number of methoxy groups -OCH3 is 1. The van der Waals surface area contributed by atoms with Crippen molar-refractivity contribution >= 4 is 33.6 Å². The van der Waals surface area contributed by atoms with Crippen LogP contribution in [0.15, 0.2) is 60.0 Å². The smallest absolute Gasteiger partial charge is 0.294 e. The van der Waals surface area contributed by atoms with Gasteiger partial charge in [-0.15, -0.1) is 0 Å². The molecule has 0 saturated carbocycles. The van der Waals surface area contributed by atoms with Crippen LogP contribution in [0.1, 0.15) is 34.7 Å². The molecule has 0 bridgehead atoms. The fraction of sp³-hybridized carbons (Fsp3) is 0.143. The van der Waals surface area contributed by atoms with E-state index in [2.05, 4.69) is 9.97 Å². The highest BCUT2D eigenvalue weighted by Gasteiger charge is 2.32. The Labute approximate surface area is 187 Å². The van der Waals surface area contributed by atoms with E-state index in [4.69, 9.17) is 16.3 Å². The van der Waals surface area contributed by atoms with Gasteiger partial charge in [0.1, 0.15) is 17.9 Å². The van der Waals surface area contributed by atoms with E-state index in [0.29, 0.717) is 22.5 Å². The molecule has 1 atom stereocenters. The number of benzene rings is 2. The van der Waals surface area contributed by atoms with E-state index in [9.17, 15) is 21.8 Å². The van der Waals surface area contributed by atoms with Crippen molar-refractivity contribution in [1.82, 2.24) is 9.97 Å². The fourth-order valence-corrected chi connectivity index (χ4v) is 4.38. The molecule has 0 spiro atoms. The zero-order valence-electron chi connectivity index (χ0n) is 16.5. The molecular formula is C21H16ClF2N3O4S. The first-order valence-corrected chi connectivity index (χ1v) is 11.0. The minimum Gasteiger partial charge on any atom is -0.496 e. The number of alkyl halides is 2. The molecule has 1 unspecified atom stereocenters. The van der Waals surface area contributed by atoms with E-state index >= 15 is 0 Å². The Morgan fingerprint density at radius 1 is 1.19 bits per heavy atom. The summed E-state index contributed by atoms with van der Waals surface area (Å²) in [7, 11) is -3.06. The Morgan fingerprint density at radius 2 is 1.97 bits per heavy atom. The van der Waals surface area contributed by atoms with Gasteiger partial charge in [-0.05, 0) is 47.5 Å². The molecule has 1 aliphatic rings. The molecule has 1 aromatic heterocycles. The predicted octanol–water partition coefficient (Wildman–Crippen LogP) is 4.90. The molecule has 1 aliphatic heterocycles. The summed E-state index contributed by atoms with van der Waals surface area (Å²) < 4.78 is 64.8. The van der Waals surface area contributed by atoms with Crippen LogP contribution in [0, 0.1) is 0 Å². The number of nitrogens with zero attached hydrogens (tertiary/aromatic N) is 3. The molecule has 0 aliphatic carbocycles. The number of hydrogen-bond donors (Lipinski definition) is 1. The van der Waals surface area contributed by atoms with Crippen molar-refractivity contribution < 1.29 is 26.5 Å². The van der Waals surface area contributed by atoms with Gasteiger partial charge < -0.3 is 9.64 Å². The van der Waals surface area contributed by atoms with Crippen LogP contribution in [-0.4, -0.2) is 30.0 Å². The number of hydrogen-bond acceptors (Lipinski definition) is 6. The van der Waals surface area contributed by atoms with Crippen molar-refractivity contribution in [3.63, 3.8) is 0 Å². The molecule has 4 rings (SSSR count). The van der Waals surface area contributed by atoms with Crippen LogP contribution in [0.4, 0.5) is 14.6 Å². The Kier molecular flexibility index (Phi) is 5.85. The van der Waals surface area contributed by atoms with Gasteiger partial charge in [-0.2, -0.15) is 8.42 Å². The first-order valence-electron chi connectivity index (χ1n) is 9.20. The molecule has 0 fully saturated rings. The van der Waals surface area contributed by atoms with E-state index in [1.807, 2.05) is 0 Å². The number of rotatable bonds is 5. The summed E-state index contributed by atoms with van der Waals surface area (Å²) in [5.41, 5.74) is 1.23. The molecule has 2 aromatic carbocycles. The monoisotopic (exact) mass is 479 g/mol. The molecule has 0 saturated heterocycles. The Morgan fingerprint density at radius 3 is 2.59 bits per heavy atom. The van der Waals surface area contributed by atoms with Crippen LogP contribution < -0.4 is 9.64 Å². The van der Waals surface area contributed by atoms with E-state index in [0.717, 1.165) is 0 Å². The summed E-state index contributed by atoms with van der Waals surface area (Å²) in [6.07, 6.45) is 3.44. The number of ether oxygens (including phenoxy) is 1. The van der Waals surface area contributed by atoms with Gasteiger partial charge in [0.15, 0.2) is 0 Å². The number of anilines is 1. The van der Waals surface area contributed by atoms with Gasteiger partial charge >= 0.3 is 0 Å². The van der Waals surface area contributed by atoms with E-state index in [1.165, 1.54) is 43.8 Å². The molecular weight excluding hydrogens is 464 g/mol. The molecule has 32 heavy (non-hydrogen) atoms. The quantitative estimate of drug-likeness (QED) is 0.520. The van der Waals surface area contributed by atoms with E-state index < -0.39 is 22.6 Å². The van der Waals surface area contributed by atoms with Crippen LogP contribution in [0.25, 0.3) is 6.08 Å². The first kappa shape index (κ1) is 22.1. The minimum absolute atomic E-state index is 0.135. The maximum atomic E-state index is 13.4. The Bertz CT molecular complexity index is 1300. The SMILES string of the molecule is COc1cc(C(F)F)c(Cl)cc1C1c2ccc(S(=O)(=O)O)cc2C=CN1c1ccncn1. The lowest BCUT2D eigenvalue weighted by Crippen LogP contribution is -2.28. The summed E-state index contributed by atoms with van der Waals surface area (Å²) >= 11 is 6.17. The van der Waals surface area contributed by atoms with Gasteiger partial charge in [0.25, 0.3) is 16.5 Å². The van der Waals surface area contributed by atoms with Gasteiger partial charge in [0.2, 0.25) is 0 Å². The molecule has 0 amide bonds. The average Bonchev–Trinajstić information content (AvgIpc) is 2.77. The van der Waals surface area contributed by atoms with Crippen LogP contribution in [-0.2, 0) is 10.1 Å². The Hall–Kier alpha value is -3.08. The second-order valence-corrected chi connectivity index (χ2v) is 8.70. The molecule has 0 radical (unpaired) electrons.